The van der Waals surface area contributed by atoms with Crippen molar-refractivity contribution in [2.24, 2.45) is 0 Å². The average molecular weight is 411 g/mol. The number of aromatic amines is 2. The van der Waals surface area contributed by atoms with E-state index in [1.54, 1.807) is 18.3 Å². The van der Waals surface area contributed by atoms with Gasteiger partial charge in [0.1, 0.15) is 11.4 Å². The summed E-state index contributed by atoms with van der Waals surface area (Å²) >= 11 is 12.3. The van der Waals surface area contributed by atoms with Gasteiger partial charge in [0.15, 0.2) is 0 Å². The zero-order chi connectivity index (χ0) is 19.3. The van der Waals surface area contributed by atoms with Crippen molar-refractivity contribution in [3.63, 3.8) is 0 Å². The zero-order valence-corrected chi connectivity index (χ0v) is 14.8. The minimum absolute atomic E-state index is 0.0482. The molecule has 0 atom stereocenters. The van der Waals surface area contributed by atoms with Gasteiger partial charge in [-0.2, -0.15) is 13.9 Å². The summed E-state index contributed by atoms with van der Waals surface area (Å²) in [4.78, 5) is 14.9. The van der Waals surface area contributed by atoms with Gasteiger partial charge in [-0.1, -0.05) is 29.3 Å². The molecule has 0 aliphatic heterocycles. The molecule has 2 aromatic heterocycles. The Morgan fingerprint density at radius 1 is 1.15 bits per heavy atom. The fourth-order valence-electron chi connectivity index (χ4n) is 3.01. The highest BCUT2D eigenvalue weighted by molar-refractivity contribution is 6.36. The van der Waals surface area contributed by atoms with E-state index in [2.05, 4.69) is 19.9 Å². The molecule has 0 fully saturated rings. The van der Waals surface area contributed by atoms with Gasteiger partial charge in [-0.25, -0.2) is 0 Å². The van der Waals surface area contributed by atoms with Crippen LogP contribution in [0, 0.1) is 0 Å². The molecule has 0 amide bonds. The van der Waals surface area contributed by atoms with E-state index >= 15 is 0 Å². The number of nitrogens with one attached hydrogen (secondary N) is 2. The second-order valence-electron chi connectivity index (χ2n) is 5.70. The Bertz CT molecular complexity index is 1250. The van der Waals surface area contributed by atoms with Crippen molar-refractivity contribution in [3.05, 3.63) is 50.9 Å². The summed E-state index contributed by atoms with van der Waals surface area (Å²) in [7, 11) is 0. The van der Waals surface area contributed by atoms with Crippen LogP contribution in [0.4, 0.5) is 14.5 Å². The van der Waals surface area contributed by atoms with Crippen molar-refractivity contribution >= 4 is 50.7 Å². The van der Waals surface area contributed by atoms with Crippen LogP contribution in [0.3, 0.4) is 0 Å². The molecule has 4 aromatic rings. The van der Waals surface area contributed by atoms with E-state index in [-0.39, 0.29) is 22.0 Å². The van der Waals surface area contributed by atoms with E-state index in [9.17, 15) is 13.6 Å². The Hall–Kier alpha value is -2.84. The molecule has 0 spiro atoms. The largest absolute Gasteiger partial charge is 0.433 e. The fourth-order valence-corrected chi connectivity index (χ4v) is 3.42. The van der Waals surface area contributed by atoms with Crippen LogP contribution in [0.25, 0.3) is 32.9 Å². The van der Waals surface area contributed by atoms with Crippen LogP contribution in [-0.4, -0.2) is 21.8 Å². The van der Waals surface area contributed by atoms with Gasteiger partial charge >= 0.3 is 6.61 Å². The highest BCUT2D eigenvalue weighted by Gasteiger charge is 2.19. The van der Waals surface area contributed by atoms with Gasteiger partial charge in [-0.15, -0.1) is 0 Å². The van der Waals surface area contributed by atoms with E-state index in [0.29, 0.717) is 32.4 Å². The minimum atomic E-state index is -3.05. The first-order valence-corrected chi connectivity index (χ1v) is 8.34. The number of anilines is 1. The predicted molar refractivity (Wildman–Crippen MR) is 101 cm³/mol. The lowest BCUT2D eigenvalue weighted by molar-refractivity contribution is -0.0497. The van der Waals surface area contributed by atoms with Crippen LogP contribution >= 0.6 is 23.2 Å². The average Bonchev–Trinajstić information content (AvgIpc) is 3.09. The SMILES string of the molecule is Nc1c(-c2ccc(Cl)c3[nH]ncc23)c2cc(Cl)c(OC(F)F)cc2[nH]c1=O. The second kappa shape index (κ2) is 6.40. The van der Waals surface area contributed by atoms with Crippen LogP contribution in [-0.2, 0) is 0 Å². The Morgan fingerprint density at radius 2 is 1.93 bits per heavy atom. The van der Waals surface area contributed by atoms with Crippen LogP contribution in [0.1, 0.15) is 0 Å². The van der Waals surface area contributed by atoms with Crippen LogP contribution in [0.15, 0.2) is 35.3 Å². The molecule has 10 heteroatoms. The molecule has 0 aliphatic carbocycles. The highest BCUT2D eigenvalue weighted by Crippen LogP contribution is 2.40. The highest BCUT2D eigenvalue weighted by atomic mass is 35.5. The maximum atomic E-state index is 12.6. The fraction of sp³-hybridized carbons (Fsp3) is 0.0588. The predicted octanol–water partition coefficient (Wildman–Crippen LogP) is 4.56. The third-order valence-electron chi connectivity index (χ3n) is 4.15. The Labute approximate surface area is 159 Å². The summed E-state index contributed by atoms with van der Waals surface area (Å²) in [6.45, 7) is -3.05. The molecular formula is C17H10Cl2F2N4O2. The number of halogens is 4. The standard InChI is InChI=1S/C17H10Cl2F2N4O2/c18-9-2-1-6(8-5-23-25-15(8)9)13-7-3-10(19)12(27-17(20)21)4-11(7)24-16(26)14(13)22/h1-5,17H,22H2,(H,23,25)(H,24,26). The Balaban J connectivity index is 2.09. The smallest absolute Gasteiger partial charge is 0.387 e. The number of rotatable bonds is 3. The summed E-state index contributed by atoms with van der Waals surface area (Å²) in [5.41, 5.74) is 7.23. The molecule has 138 valence electrons. The molecule has 0 aliphatic rings. The van der Waals surface area contributed by atoms with Gasteiger partial charge in [-0.05, 0) is 17.7 Å². The third-order valence-corrected chi connectivity index (χ3v) is 4.76. The normalized spacial score (nSPS) is 11.6. The number of aromatic nitrogens is 3. The number of nitrogen functional groups attached to an aromatic ring is 1. The number of fused-ring (bicyclic) bond motifs is 2. The molecule has 0 saturated heterocycles. The molecule has 0 unspecified atom stereocenters. The summed E-state index contributed by atoms with van der Waals surface area (Å²) in [5.74, 6) is -0.255. The van der Waals surface area contributed by atoms with Gasteiger partial charge in [0.2, 0.25) is 0 Å². The van der Waals surface area contributed by atoms with Crippen LogP contribution in [0.5, 0.6) is 5.75 Å². The maximum Gasteiger partial charge on any atom is 0.387 e. The number of H-pyrrole nitrogens is 2. The molecule has 2 heterocycles. The van der Waals surface area contributed by atoms with Gasteiger partial charge in [0.05, 0.1) is 27.3 Å². The number of nitrogens with two attached hydrogens (primary N) is 1. The summed E-state index contributed by atoms with van der Waals surface area (Å²) < 4.78 is 29.5. The van der Waals surface area contributed by atoms with E-state index in [0.717, 1.165) is 0 Å². The number of ether oxygens (including phenoxy) is 1. The Kier molecular flexibility index (Phi) is 4.16. The van der Waals surface area contributed by atoms with Crippen molar-refractivity contribution in [2.45, 2.75) is 6.61 Å². The van der Waals surface area contributed by atoms with Crippen molar-refractivity contribution in [1.82, 2.24) is 15.2 Å². The monoisotopic (exact) mass is 410 g/mol. The Morgan fingerprint density at radius 3 is 2.67 bits per heavy atom. The molecule has 6 nitrogen and oxygen atoms in total. The lowest BCUT2D eigenvalue weighted by atomic mass is 9.96. The summed E-state index contributed by atoms with van der Waals surface area (Å²) in [6, 6.07) is 5.98. The summed E-state index contributed by atoms with van der Waals surface area (Å²) in [5, 5.41) is 8.27. The molecule has 0 bridgehead atoms. The number of pyridine rings is 1. The second-order valence-corrected chi connectivity index (χ2v) is 6.52. The lowest BCUT2D eigenvalue weighted by Gasteiger charge is -2.14. The zero-order valence-electron chi connectivity index (χ0n) is 13.3. The van der Waals surface area contributed by atoms with Gasteiger partial charge in [0.25, 0.3) is 5.56 Å². The van der Waals surface area contributed by atoms with E-state index in [4.69, 9.17) is 28.9 Å². The molecule has 0 radical (unpaired) electrons. The summed E-state index contributed by atoms with van der Waals surface area (Å²) in [6.07, 6.45) is 1.55. The van der Waals surface area contributed by atoms with Crippen molar-refractivity contribution < 1.29 is 13.5 Å². The van der Waals surface area contributed by atoms with Crippen LogP contribution in [0.2, 0.25) is 10.0 Å². The molecule has 4 rings (SSSR count). The molecule has 4 N–H and O–H groups in total. The van der Waals surface area contributed by atoms with Crippen molar-refractivity contribution in [1.29, 1.82) is 0 Å². The van der Waals surface area contributed by atoms with Crippen molar-refractivity contribution in [2.75, 3.05) is 5.73 Å². The van der Waals surface area contributed by atoms with Gasteiger partial charge < -0.3 is 15.5 Å². The molecule has 2 aromatic carbocycles. The van der Waals surface area contributed by atoms with Gasteiger partial charge in [-0.3, -0.25) is 9.89 Å². The van der Waals surface area contributed by atoms with E-state index in [1.807, 2.05) is 0 Å². The number of hydrogen-bond acceptors (Lipinski definition) is 4. The lowest BCUT2D eigenvalue weighted by Crippen LogP contribution is -2.14. The number of nitrogens with zero attached hydrogens (tertiary/aromatic N) is 1. The van der Waals surface area contributed by atoms with E-state index < -0.39 is 12.2 Å². The van der Waals surface area contributed by atoms with E-state index in [1.165, 1.54) is 12.1 Å². The number of benzene rings is 2. The molecule has 0 saturated carbocycles. The topological polar surface area (TPSA) is 96.8 Å². The third kappa shape index (κ3) is 2.87. The quantitative estimate of drug-likeness (QED) is 0.461. The minimum Gasteiger partial charge on any atom is -0.433 e. The first kappa shape index (κ1) is 17.6. The molecule has 27 heavy (non-hydrogen) atoms. The molecular weight excluding hydrogens is 401 g/mol. The first-order valence-electron chi connectivity index (χ1n) is 7.58. The number of hydrogen-bond donors (Lipinski definition) is 3. The van der Waals surface area contributed by atoms with Crippen molar-refractivity contribution in [3.8, 4) is 16.9 Å². The van der Waals surface area contributed by atoms with Gasteiger partial charge in [0, 0.05) is 22.4 Å². The number of alkyl halides is 2. The van der Waals surface area contributed by atoms with Crippen LogP contribution < -0.4 is 16.0 Å². The first-order chi connectivity index (χ1) is 12.9. The maximum absolute atomic E-state index is 12.6.